The Balaban J connectivity index is 1.74. The number of rotatable bonds is 6. The van der Waals surface area contributed by atoms with E-state index in [-0.39, 0.29) is 5.91 Å². The molecule has 110 valence electrons. The number of hydrogen-bond acceptors (Lipinski definition) is 4. The number of carbonyl (C=O) groups excluding carboxylic acids is 1. The summed E-state index contributed by atoms with van der Waals surface area (Å²) in [6.07, 6.45) is 1.10. The molecule has 2 heterocycles. The van der Waals surface area contributed by atoms with Crippen LogP contribution in [0.4, 0.5) is 0 Å². The summed E-state index contributed by atoms with van der Waals surface area (Å²) < 4.78 is 5.07. The molecule has 2 rings (SSSR count). The number of carbonyl (C=O) groups is 1. The summed E-state index contributed by atoms with van der Waals surface area (Å²) >= 11 is 5.77. The second-order valence-electron chi connectivity index (χ2n) is 5.00. The molecule has 1 N–H and O–H groups in total. The van der Waals surface area contributed by atoms with Crippen LogP contribution >= 0.6 is 11.6 Å². The molecule has 0 aliphatic carbocycles. The summed E-state index contributed by atoms with van der Waals surface area (Å²) in [6.45, 7) is 4.46. The van der Waals surface area contributed by atoms with Crippen LogP contribution in [0.25, 0.3) is 0 Å². The number of ether oxygens (including phenoxy) is 1. The zero-order chi connectivity index (χ0) is 14.4. The van der Waals surface area contributed by atoms with Crippen molar-refractivity contribution >= 4 is 17.5 Å². The van der Waals surface area contributed by atoms with Crippen LogP contribution in [0.5, 0.6) is 0 Å². The Morgan fingerprint density at radius 2 is 2.45 bits per heavy atom. The van der Waals surface area contributed by atoms with Crippen molar-refractivity contribution in [2.45, 2.75) is 6.42 Å². The van der Waals surface area contributed by atoms with Gasteiger partial charge in [0.05, 0.1) is 6.61 Å². The number of nitrogens with zero attached hydrogens (tertiary/aromatic N) is 2. The Morgan fingerprint density at radius 1 is 1.60 bits per heavy atom. The molecular formula is C14H20ClN3O2. The van der Waals surface area contributed by atoms with Crippen LogP contribution in [-0.4, -0.2) is 55.7 Å². The number of amides is 1. The number of methoxy groups -OCH3 is 1. The predicted molar refractivity (Wildman–Crippen MR) is 78.0 cm³/mol. The van der Waals surface area contributed by atoms with E-state index >= 15 is 0 Å². The van der Waals surface area contributed by atoms with Crippen LogP contribution in [0.2, 0.25) is 5.15 Å². The minimum atomic E-state index is -0.164. The van der Waals surface area contributed by atoms with Gasteiger partial charge in [-0.3, -0.25) is 4.79 Å². The monoisotopic (exact) mass is 297 g/mol. The lowest BCUT2D eigenvalue weighted by atomic mass is 10.1. The first-order chi connectivity index (χ1) is 9.69. The lowest BCUT2D eigenvalue weighted by molar-refractivity contribution is 0.0941. The topological polar surface area (TPSA) is 54.5 Å². The lowest BCUT2D eigenvalue weighted by Gasteiger charge is -2.15. The van der Waals surface area contributed by atoms with E-state index in [1.165, 1.54) is 0 Å². The summed E-state index contributed by atoms with van der Waals surface area (Å²) in [5, 5.41) is 3.26. The fourth-order valence-corrected chi connectivity index (χ4v) is 2.53. The predicted octanol–water partition coefficient (Wildman–Crippen LogP) is 1.43. The molecule has 6 heteroatoms. The Labute approximate surface area is 124 Å². The van der Waals surface area contributed by atoms with E-state index < -0.39 is 0 Å². The van der Waals surface area contributed by atoms with Crippen LogP contribution in [0.1, 0.15) is 16.9 Å². The zero-order valence-electron chi connectivity index (χ0n) is 11.6. The number of aromatic nitrogens is 1. The molecule has 1 atom stereocenters. The fraction of sp³-hybridized carbons (Fsp3) is 0.571. The van der Waals surface area contributed by atoms with Crippen LogP contribution in [0, 0.1) is 5.92 Å². The van der Waals surface area contributed by atoms with Crippen molar-refractivity contribution in [3.8, 4) is 0 Å². The van der Waals surface area contributed by atoms with Crippen molar-refractivity contribution in [3.63, 3.8) is 0 Å². The van der Waals surface area contributed by atoms with Crippen molar-refractivity contribution in [3.05, 3.63) is 29.0 Å². The Hall–Kier alpha value is -1.17. The molecule has 1 aliphatic rings. The van der Waals surface area contributed by atoms with Gasteiger partial charge in [0.2, 0.25) is 0 Å². The van der Waals surface area contributed by atoms with Gasteiger partial charge < -0.3 is 15.0 Å². The van der Waals surface area contributed by atoms with Gasteiger partial charge in [-0.05, 0) is 31.0 Å². The van der Waals surface area contributed by atoms with E-state index in [0.29, 0.717) is 23.3 Å². The Morgan fingerprint density at radius 3 is 3.20 bits per heavy atom. The molecular weight excluding hydrogens is 278 g/mol. The minimum Gasteiger partial charge on any atom is -0.383 e. The molecule has 0 aromatic carbocycles. The second-order valence-corrected chi connectivity index (χ2v) is 5.39. The zero-order valence-corrected chi connectivity index (χ0v) is 12.4. The third-order valence-corrected chi connectivity index (χ3v) is 3.69. The van der Waals surface area contributed by atoms with E-state index in [0.717, 1.165) is 32.7 Å². The number of pyridine rings is 1. The van der Waals surface area contributed by atoms with Crippen LogP contribution < -0.4 is 5.32 Å². The summed E-state index contributed by atoms with van der Waals surface area (Å²) in [5.41, 5.74) is 0.367. The minimum absolute atomic E-state index is 0.164. The first kappa shape index (κ1) is 15.2. The summed E-state index contributed by atoms with van der Waals surface area (Å²) in [4.78, 5) is 18.3. The van der Waals surface area contributed by atoms with E-state index in [2.05, 4.69) is 15.2 Å². The SMILES string of the molecule is COCCN1CC[C@H](CNC(=O)c2cccc(Cl)n2)C1. The maximum Gasteiger partial charge on any atom is 0.269 e. The summed E-state index contributed by atoms with van der Waals surface area (Å²) in [5.74, 6) is 0.331. The van der Waals surface area contributed by atoms with E-state index in [1.807, 2.05) is 0 Å². The quantitative estimate of drug-likeness (QED) is 0.807. The molecule has 20 heavy (non-hydrogen) atoms. The standard InChI is InChI=1S/C14H20ClN3O2/c1-20-8-7-18-6-5-11(10-18)9-16-14(19)12-3-2-4-13(15)17-12/h2-4,11H,5-10H2,1H3,(H,16,19)/t11-/m1/s1. The molecule has 0 spiro atoms. The van der Waals surface area contributed by atoms with Crippen LogP contribution in [0.3, 0.4) is 0 Å². The average molecular weight is 298 g/mol. The highest BCUT2D eigenvalue weighted by atomic mass is 35.5. The summed E-state index contributed by atoms with van der Waals surface area (Å²) in [6, 6.07) is 5.05. The Kier molecular flexibility index (Phi) is 5.76. The molecule has 1 amide bonds. The molecule has 1 saturated heterocycles. The number of halogens is 1. The van der Waals surface area contributed by atoms with Gasteiger partial charge in [-0.15, -0.1) is 0 Å². The largest absolute Gasteiger partial charge is 0.383 e. The van der Waals surface area contributed by atoms with E-state index in [9.17, 15) is 4.79 Å². The van der Waals surface area contributed by atoms with Crippen molar-refractivity contribution in [1.82, 2.24) is 15.2 Å². The number of nitrogens with one attached hydrogen (secondary N) is 1. The molecule has 0 radical (unpaired) electrons. The first-order valence-corrected chi connectivity index (χ1v) is 7.19. The van der Waals surface area contributed by atoms with Gasteiger partial charge in [0.15, 0.2) is 0 Å². The highest BCUT2D eigenvalue weighted by Gasteiger charge is 2.22. The van der Waals surface area contributed by atoms with E-state index in [1.54, 1.807) is 25.3 Å². The fourth-order valence-electron chi connectivity index (χ4n) is 2.37. The second kappa shape index (κ2) is 7.57. The lowest BCUT2D eigenvalue weighted by Crippen LogP contribution is -2.32. The van der Waals surface area contributed by atoms with Crippen LogP contribution in [0.15, 0.2) is 18.2 Å². The van der Waals surface area contributed by atoms with Gasteiger partial charge in [0.1, 0.15) is 10.8 Å². The highest BCUT2D eigenvalue weighted by molar-refractivity contribution is 6.29. The van der Waals surface area contributed by atoms with Gasteiger partial charge in [-0.2, -0.15) is 0 Å². The van der Waals surface area contributed by atoms with Gasteiger partial charge in [0.25, 0.3) is 5.91 Å². The molecule has 1 aliphatic heterocycles. The third kappa shape index (κ3) is 4.44. The van der Waals surface area contributed by atoms with E-state index in [4.69, 9.17) is 16.3 Å². The molecule has 1 aromatic heterocycles. The normalized spacial score (nSPS) is 19.2. The molecule has 0 saturated carbocycles. The van der Waals surface area contributed by atoms with Gasteiger partial charge in [0, 0.05) is 26.7 Å². The van der Waals surface area contributed by atoms with Crippen LogP contribution in [-0.2, 0) is 4.74 Å². The van der Waals surface area contributed by atoms with Crippen molar-refractivity contribution in [1.29, 1.82) is 0 Å². The number of hydrogen-bond donors (Lipinski definition) is 1. The maximum atomic E-state index is 11.9. The first-order valence-electron chi connectivity index (χ1n) is 6.81. The van der Waals surface area contributed by atoms with Gasteiger partial charge >= 0.3 is 0 Å². The molecule has 5 nitrogen and oxygen atoms in total. The molecule has 1 aromatic rings. The Bertz CT molecular complexity index is 456. The number of likely N-dealkylation sites (tertiary alicyclic amines) is 1. The molecule has 1 fully saturated rings. The maximum absolute atomic E-state index is 11.9. The molecule has 0 bridgehead atoms. The molecule has 0 unspecified atom stereocenters. The smallest absolute Gasteiger partial charge is 0.269 e. The third-order valence-electron chi connectivity index (χ3n) is 3.48. The van der Waals surface area contributed by atoms with Gasteiger partial charge in [-0.25, -0.2) is 4.98 Å². The van der Waals surface area contributed by atoms with Crippen molar-refractivity contribution in [2.24, 2.45) is 5.92 Å². The van der Waals surface area contributed by atoms with Gasteiger partial charge in [-0.1, -0.05) is 17.7 Å². The van der Waals surface area contributed by atoms with Crippen molar-refractivity contribution < 1.29 is 9.53 Å². The summed E-state index contributed by atoms with van der Waals surface area (Å²) in [7, 11) is 1.71. The van der Waals surface area contributed by atoms with Crippen molar-refractivity contribution in [2.75, 3.05) is 39.9 Å². The highest BCUT2D eigenvalue weighted by Crippen LogP contribution is 2.15. The average Bonchev–Trinajstić information content (AvgIpc) is 2.90.